The summed E-state index contributed by atoms with van der Waals surface area (Å²) in [5, 5.41) is 10.1. The minimum absolute atomic E-state index is 0.0560. The minimum Gasteiger partial charge on any atom is -0.494 e. The van der Waals surface area contributed by atoms with Crippen LogP contribution in [0.5, 0.6) is 5.75 Å². The van der Waals surface area contributed by atoms with E-state index in [0.717, 1.165) is 34.0 Å². The molecule has 0 saturated carbocycles. The molecule has 0 aliphatic carbocycles. The van der Waals surface area contributed by atoms with Crippen molar-refractivity contribution in [1.82, 2.24) is 10.2 Å². The van der Waals surface area contributed by atoms with Gasteiger partial charge in [0.25, 0.3) is 0 Å². The zero-order valence-corrected chi connectivity index (χ0v) is 14.4. The van der Waals surface area contributed by atoms with E-state index in [1.165, 1.54) is 0 Å². The van der Waals surface area contributed by atoms with Crippen molar-refractivity contribution in [3.05, 3.63) is 65.9 Å². The lowest BCUT2D eigenvalue weighted by atomic mass is 10.1. The van der Waals surface area contributed by atoms with E-state index in [2.05, 4.69) is 15.5 Å². The molecular weight excluding hydrogens is 314 g/mol. The van der Waals surface area contributed by atoms with Crippen molar-refractivity contribution < 1.29 is 9.53 Å². The molecule has 128 valence electrons. The van der Waals surface area contributed by atoms with Gasteiger partial charge in [0, 0.05) is 16.9 Å². The Balaban J connectivity index is 1.64. The SMILES string of the molecule is CCOc1ccc(CC(=O)Nc2cccc(-c3cc(C)[nH]n3)c2)cc1. The molecule has 2 N–H and O–H groups in total. The Hall–Kier alpha value is -3.08. The quantitative estimate of drug-likeness (QED) is 0.716. The fraction of sp³-hybridized carbons (Fsp3) is 0.200. The van der Waals surface area contributed by atoms with Crippen molar-refractivity contribution in [2.75, 3.05) is 11.9 Å². The van der Waals surface area contributed by atoms with Gasteiger partial charge in [-0.05, 0) is 49.7 Å². The molecule has 0 fully saturated rings. The monoisotopic (exact) mass is 335 g/mol. The molecule has 1 heterocycles. The summed E-state index contributed by atoms with van der Waals surface area (Å²) in [7, 11) is 0. The third-order valence-electron chi connectivity index (χ3n) is 3.75. The van der Waals surface area contributed by atoms with E-state index in [-0.39, 0.29) is 5.91 Å². The number of nitrogens with one attached hydrogen (secondary N) is 2. The van der Waals surface area contributed by atoms with Crippen molar-refractivity contribution in [3.8, 4) is 17.0 Å². The van der Waals surface area contributed by atoms with E-state index in [1.807, 2.05) is 68.4 Å². The molecule has 0 bridgehead atoms. The van der Waals surface area contributed by atoms with Gasteiger partial charge < -0.3 is 10.1 Å². The second kappa shape index (κ2) is 7.66. The van der Waals surface area contributed by atoms with Gasteiger partial charge in [0.05, 0.1) is 18.7 Å². The number of benzene rings is 2. The Morgan fingerprint density at radius 2 is 1.96 bits per heavy atom. The second-order valence-electron chi connectivity index (χ2n) is 5.82. The number of aromatic amines is 1. The summed E-state index contributed by atoms with van der Waals surface area (Å²) in [4.78, 5) is 12.3. The van der Waals surface area contributed by atoms with Gasteiger partial charge in [0.1, 0.15) is 5.75 Å². The summed E-state index contributed by atoms with van der Waals surface area (Å²) in [6, 6.07) is 17.2. The first-order valence-electron chi connectivity index (χ1n) is 8.28. The number of carbonyl (C=O) groups is 1. The molecular formula is C20H21N3O2. The van der Waals surface area contributed by atoms with Crippen LogP contribution in [0.15, 0.2) is 54.6 Å². The van der Waals surface area contributed by atoms with Crippen LogP contribution in [-0.4, -0.2) is 22.7 Å². The number of aromatic nitrogens is 2. The topological polar surface area (TPSA) is 67.0 Å². The van der Waals surface area contributed by atoms with Crippen LogP contribution in [-0.2, 0) is 11.2 Å². The molecule has 3 aromatic rings. The van der Waals surface area contributed by atoms with Gasteiger partial charge in [-0.25, -0.2) is 0 Å². The van der Waals surface area contributed by atoms with E-state index in [9.17, 15) is 4.79 Å². The molecule has 0 aliphatic rings. The van der Waals surface area contributed by atoms with Crippen LogP contribution in [0.3, 0.4) is 0 Å². The first-order valence-corrected chi connectivity index (χ1v) is 8.28. The summed E-state index contributed by atoms with van der Waals surface area (Å²) >= 11 is 0. The number of anilines is 1. The molecule has 2 aromatic carbocycles. The average Bonchev–Trinajstić information content (AvgIpc) is 3.04. The smallest absolute Gasteiger partial charge is 0.228 e. The highest BCUT2D eigenvalue weighted by atomic mass is 16.5. The largest absolute Gasteiger partial charge is 0.494 e. The van der Waals surface area contributed by atoms with Gasteiger partial charge in [0.15, 0.2) is 0 Å². The maximum Gasteiger partial charge on any atom is 0.228 e. The van der Waals surface area contributed by atoms with E-state index in [1.54, 1.807) is 0 Å². The standard InChI is InChI=1S/C20H21N3O2/c1-3-25-18-9-7-15(8-10-18)12-20(24)21-17-6-4-5-16(13-17)19-11-14(2)22-23-19/h4-11,13H,3,12H2,1-2H3,(H,21,24)(H,22,23). The normalized spacial score (nSPS) is 10.5. The van der Waals surface area contributed by atoms with E-state index < -0.39 is 0 Å². The number of rotatable bonds is 6. The van der Waals surface area contributed by atoms with Crippen LogP contribution in [0, 0.1) is 6.92 Å². The van der Waals surface area contributed by atoms with Crippen molar-refractivity contribution >= 4 is 11.6 Å². The lowest BCUT2D eigenvalue weighted by molar-refractivity contribution is -0.115. The predicted molar refractivity (Wildman–Crippen MR) is 98.7 cm³/mol. The molecule has 25 heavy (non-hydrogen) atoms. The molecule has 5 heteroatoms. The number of ether oxygens (including phenoxy) is 1. The lowest BCUT2D eigenvalue weighted by Crippen LogP contribution is -2.14. The molecule has 0 spiro atoms. The summed E-state index contributed by atoms with van der Waals surface area (Å²) in [6.45, 7) is 4.53. The first-order chi connectivity index (χ1) is 12.1. The molecule has 1 aromatic heterocycles. The zero-order chi connectivity index (χ0) is 17.6. The van der Waals surface area contributed by atoms with Gasteiger partial charge >= 0.3 is 0 Å². The van der Waals surface area contributed by atoms with Gasteiger partial charge in [-0.3, -0.25) is 9.89 Å². The van der Waals surface area contributed by atoms with Crippen LogP contribution in [0.4, 0.5) is 5.69 Å². The van der Waals surface area contributed by atoms with Gasteiger partial charge in [-0.1, -0.05) is 24.3 Å². The molecule has 0 aliphatic heterocycles. The van der Waals surface area contributed by atoms with Gasteiger partial charge in [0.2, 0.25) is 5.91 Å². The van der Waals surface area contributed by atoms with Crippen LogP contribution in [0.1, 0.15) is 18.2 Å². The average molecular weight is 335 g/mol. The highest BCUT2D eigenvalue weighted by Gasteiger charge is 2.07. The lowest BCUT2D eigenvalue weighted by Gasteiger charge is -2.08. The Bertz CT molecular complexity index is 853. The highest BCUT2D eigenvalue weighted by molar-refractivity contribution is 5.92. The third-order valence-corrected chi connectivity index (χ3v) is 3.75. The number of nitrogens with zero attached hydrogens (tertiary/aromatic N) is 1. The summed E-state index contributed by atoms with van der Waals surface area (Å²) < 4.78 is 5.41. The minimum atomic E-state index is -0.0560. The van der Waals surface area contributed by atoms with E-state index in [4.69, 9.17) is 4.74 Å². The summed E-state index contributed by atoms with van der Waals surface area (Å²) in [5.41, 5.74) is 4.53. The van der Waals surface area contributed by atoms with E-state index >= 15 is 0 Å². The highest BCUT2D eigenvalue weighted by Crippen LogP contribution is 2.21. The fourth-order valence-electron chi connectivity index (χ4n) is 2.58. The van der Waals surface area contributed by atoms with Crippen LogP contribution < -0.4 is 10.1 Å². The fourth-order valence-corrected chi connectivity index (χ4v) is 2.58. The van der Waals surface area contributed by atoms with E-state index in [0.29, 0.717) is 13.0 Å². The third kappa shape index (κ3) is 4.47. The summed E-state index contributed by atoms with van der Waals surface area (Å²) in [6.07, 6.45) is 0.318. The zero-order valence-electron chi connectivity index (χ0n) is 14.4. The summed E-state index contributed by atoms with van der Waals surface area (Å²) in [5.74, 6) is 0.758. The number of H-pyrrole nitrogens is 1. The van der Waals surface area contributed by atoms with Crippen molar-refractivity contribution in [1.29, 1.82) is 0 Å². The molecule has 0 radical (unpaired) electrons. The van der Waals surface area contributed by atoms with Crippen LogP contribution in [0.25, 0.3) is 11.3 Å². The number of aryl methyl sites for hydroxylation is 1. The molecule has 5 nitrogen and oxygen atoms in total. The Labute approximate surface area is 147 Å². The van der Waals surface area contributed by atoms with Crippen molar-refractivity contribution in [2.45, 2.75) is 20.3 Å². The van der Waals surface area contributed by atoms with Crippen molar-refractivity contribution in [3.63, 3.8) is 0 Å². The molecule has 0 unspecified atom stereocenters. The Morgan fingerprint density at radius 1 is 1.16 bits per heavy atom. The van der Waals surface area contributed by atoms with Gasteiger partial charge in [-0.2, -0.15) is 5.10 Å². The van der Waals surface area contributed by atoms with Crippen molar-refractivity contribution in [2.24, 2.45) is 0 Å². The van der Waals surface area contributed by atoms with Crippen LogP contribution in [0.2, 0.25) is 0 Å². The maximum atomic E-state index is 12.3. The second-order valence-corrected chi connectivity index (χ2v) is 5.82. The molecule has 3 rings (SSSR count). The Morgan fingerprint density at radius 3 is 2.64 bits per heavy atom. The predicted octanol–water partition coefficient (Wildman–Crippen LogP) is 3.97. The molecule has 1 amide bonds. The molecule has 0 saturated heterocycles. The maximum absolute atomic E-state index is 12.3. The van der Waals surface area contributed by atoms with Crippen LogP contribution >= 0.6 is 0 Å². The molecule has 0 atom stereocenters. The Kier molecular flexibility index (Phi) is 5.14. The number of hydrogen-bond acceptors (Lipinski definition) is 3. The number of hydrogen-bond donors (Lipinski definition) is 2. The van der Waals surface area contributed by atoms with Gasteiger partial charge in [-0.15, -0.1) is 0 Å². The first kappa shape index (κ1) is 16.8. The number of amides is 1. The number of carbonyl (C=O) groups excluding carboxylic acids is 1.